The van der Waals surface area contributed by atoms with Crippen molar-refractivity contribution < 1.29 is 0 Å². The molecule has 2 rings (SSSR count). The highest BCUT2D eigenvalue weighted by atomic mass is 79.9. The first kappa shape index (κ1) is 17.1. The van der Waals surface area contributed by atoms with Gasteiger partial charge in [0.1, 0.15) is 0 Å². The Morgan fingerprint density at radius 2 is 1.67 bits per heavy atom. The van der Waals surface area contributed by atoms with Gasteiger partial charge < -0.3 is 5.32 Å². The molecular formula is C16H15BrCl3N. The molecule has 1 atom stereocenters. The Labute approximate surface area is 148 Å². The maximum Gasteiger partial charge on any atom is 0.0453 e. The average molecular weight is 408 g/mol. The van der Waals surface area contributed by atoms with E-state index in [9.17, 15) is 0 Å². The Hall–Kier alpha value is -0.250. The van der Waals surface area contributed by atoms with Crippen molar-refractivity contribution >= 4 is 50.7 Å². The van der Waals surface area contributed by atoms with Gasteiger partial charge in [-0.05, 0) is 55.3 Å². The Balaban J connectivity index is 2.17. The van der Waals surface area contributed by atoms with Gasteiger partial charge in [-0.1, -0.05) is 62.9 Å². The van der Waals surface area contributed by atoms with Gasteiger partial charge in [-0.15, -0.1) is 0 Å². The van der Waals surface area contributed by atoms with Crippen LogP contribution in [0.25, 0.3) is 0 Å². The van der Waals surface area contributed by atoms with Crippen LogP contribution in [0.5, 0.6) is 0 Å². The third-order valence-corrected chi connectivity index (χ3v) is 4.96. The SMILES string of the molecule is CNC(Cc1ccc(Br)cc1Cl)Cc1c(Cl)cccc1Cl. The number of rotatable bonds is 5. The van der Waals surface area contributed by atoms with Gasteiger partial charge in [0.2, 0.25) is 0 Å². The van der Waals surface area contributed by atoms with Crippen LogP contribution in [0.15, 0.2) is 40.9 Å². The minimum Gasteiger partial charge on any atom is -0.316 e. The molecule has 21 heavy (non-hydrogen) atoms. The number of halogens is 4. The fourth-order valence-corrected chi connectivity index (χ4v) is 3.51. The van der Waals surface area contributed by atoms with Crippen LogP contribution in [-0.2, 0) is 12.8 Å². The fourth-order valence-electron chi connectivity index (χ4n) is 2.20. The first-order chi connectivity index (χ1) is 10.0. The van der Waals surface area contributed by atoms with Gasteiger partial charge >= 0.3 is 0 Å². The van der Waals surface area contributed by atoms with Crippen LogP contribution in [0, 0.1) is 0 Å². The van der Waals surface area contributed by atoms with E-state index in [-0.39, 0.29) is 6.04 Å². The second kappa shape index (κ2) is 7.85. The molecule has 1 unspecified atom stereocenters. The Kier molecular flexibility index (Phi) is 6.39. The van der Waals surface area contributed by atoms with Crippen LogP contribution in [0.3, 0.4) is 0 Å². The molecule has 0 amide bonds. The summed E-state index contributed by atoms with van der Waals surface area (Å²) in [6.45, 7) is 0. The summed E-state index contributed by atoms with van der Waals surface area (Å²) in [6.07, 6.45) is 1.56. The van der Waals surface area contributed by atoms with Crippen molar-refractivity contribution in [2.45, 2.75) is 18.9 Å². The first-order valence-electron chi connectivity index (χ1n) is 6.55. The van der Waals surface area contributed by atoms with Crippen molar-refractivity contribution in [3.63, 3.8) is 0 Å². The lowest BCUT2D eigenvalue weighted by atomic mass is 9.99. The van der Waals surface area contributed by atoms with Crippen molar-refractivity contribution in [3.05, 3.63) is 67.1 Å². The zero-order valence-electron chi connectivity index (χ0n) is 11.5. The summed E-state index contributed by atoms with van der Waals surface area (Å²) in [6, 6.07) is 11.7. The van der Waals surface area contributed by atoms with Crippen LogP contribution >= 0.6 is 50.7 Å². The van der Waals surface area contributed by atoms with E-state index in [1.54, 1.807) is 0 Å². The van der Waals surface area contributed by atoms with Gasteiger partial charge in [0.05, 0.1) is 0 Å². The Morgan fingerprint density at radius 3 is 2.24 bits per heavy atom. The predicted octanol–water partition coefficient (Wildman–Crippen LogP) is 5.78. The first-order valence-corrected chi connectivity index (χ1v) is 8.48. The summed E-state index contributed by atoms with van der Waals surface area (Å²) >= 11 is 22.2. The molecule has 1 N–H and O–H groups in total. The van der Waals surface area contributed by atoms with E-state index in [1.165, 1.54) is 0 Å². The number of benzene rings is 2. The summed E-state index contributed by atoms with van der Waals surface area (Å²) in [7, 11) is 1.93. The third kappa shape index (κ3) is 4.61. The normalized spacial score (nSPS) is 12.4. The van der Waals surface area contributed by atoms with E-state index >= 15 is 0 Å². The molecule has 2 aromatic carbocycles. The zero-order chi connectivity index (χ0) is 15.4. The van der Waals surface area contributed by atoms with Gasteiger partial charge in [-0.3, -0.25) is 0 Å². The molecule has 0 aliphatic rings. The average Bonchev–Trinajstić information content (AvgIpc) is 2.44. The van der Waals surface area contributed by atoms with Crippen molar-refractivity contribution in [1.29, 1.82) is 0 Å². The smallest absolute Gasteiger partial charge is 0.0453 e. The molecule has 112 valence electrons. The van der Waals surface area contributed by atoms with Crippen LogP contribution in [-0.4, -0.2) is 13.1 Å². The molecule has 2 aromatic rings. The monoisotopic (exact) mass is 405 g/mol. The summed E-state index contributed by atoms with van der Waals surface area (Å²) in [5.74, 6) is 0. The fraction of sp³-hybridized carbons (Fsp3) is 0.250. The quantitative estimate of drug-likeness (QED) is 0.662. The van der Waals surface area contributed by atoms with E-state index in [0.717, 1.165) is 33.5 Å². The van der Waals surface area contributed by atoms with Crippen LogP contribution < -0.4 is 5.32 Å². The maximum atomic E-state index is 6.29. The molecule has 0 heterocycles. The van der Waals surface area contributed by atoms with Gasteiger partial charge in [-0.2, -0.15) is 0 Å². The molecule has 1 nitrogen and oxygen atoms in total. The number of hydrogen-bond donors (Lipinski definition) is 1. The molecular weight excluding hydrogens is 392 g/mol. The Morgan fingerprint density at radius 1 is 1.00 bits per heavy atom. The van der Waals surface area contributed by atoms with Gasteiger partial charge in [0.25, 0.3) is 0 Å². The maximum absolute atomic E-state index is 6.29. The van der Waals surface area contributed by atoms with Crippen molar-refractivity contribution in [3.8, 4) is 0 Å². The minimum atomic E-state index is 0.209. The zero-order valence-corrected chi connectivity index (χ0v) is 15.3. The number of hydrogen-bond acceptors (Lipinski definition) is 1. The van der Waals surface area contributed by atoms with Crippen LogP contribution in [0.1, 0.15) is 11.1 Å². The summed E-state index contributed by atoms with van der Waals surface area (Å²) < 4.78 is 0.978. The topological polar surface area (TPSA) is 12.0 Å². The molecule has 0 spiro atoms. The molecule has 0 radical (unpaired) electrons. The number of likely N-dealkylation sites (N-methyl/N-ethyl adjacent to an activating group) is 1. The molecule has 0 aliphatic carbocycles. The highest BCUT2D eigenvalue weighted by Crippen LogP contribution is 2.27. The molecule has 0 aliphatic heterocycles. The largest absolute Gasteiger partial charge is 0.316 e. The van der Waals surface area contributed by atoms with Gasteiger partial charge in [0, 0.05) is 25.6 Å². The second-order valence-electron chi connectivity index (χ2n) is 4.83. The Bertz CT molecular complexity index is 611. The van der Waals surface area contributed by atoms with Crippen molar-refractivity contribution in [1.82, 2.24) is 5.32 Å². The molecule has 0 bridgehead atoms. The second-order valence-corrected chi connectivity index (χ2v) is 6.97. The molecule has 0 saturated heterocycles. The summed E-state index contributed by atoms with van der Waals surface area (Å²) in [5.41, 5.74) is 2.07. The predicted molar refractivity (Wildman–Crippen MR) is 95.9 cm³/mol. The lowest BCUT2D eigenvalue weighted by Crippen LogP contribution is -2.30. The summed E-state index contributed by atoms with van der Waals surface area (Å²) in [5, 5.41) is 5.46. The van der Waals surface area contributed by atoms with Gasteiger partial charge in [0.15, 0.2) is 0 Å². The van der Waals surface area contributed by atoms with Crippen LogP contribution in [0.4, 0.5) is 0 Å². The van der Waals surface area contributed by atoms with E-state index < -0.39 is 0 Å². The summed E-state index contributed by atoms with van der Waals surface area (Å²) in [4.78, 5) is 0. The van der Waals surface area contributed by atoms with Gasteiger partial charge in [-0.25, -0.2) is 0 Å². The molecule has 0 fully saturated rings. The molecule has 0 aromatic heterocycles. The third-order valence-electron chi connectivity index (χ3n) is 3.40. The van der Waals surface area contributed by atoms with Crippen molar-refractivity contribution in [2.24, 2.45) is 0 Å². The van der Waals surface area contributed by atoms with E-state index in [2.05, 4.69) is 21.2 Å². The van der Waals surface area contributed by atoms with E-state index in [0.29, 0.717) is 10.0 Å². The molecule has 5 heteroatoms. The lowest BCUT2D eigenvalue weighted by molar-refractivity contribution is 0.556. The molecule has 0 saturated carbocycles. The standard InChI is InChI=1S/C16H15BrCl3N/c1-21-12(7-10-5-6-11(17)8-16(10)20)9-13-14(18)3-2-4-15(13)19/h2-6,8,12,21H,7,9H2,1H3. The minimum absolute atomic E-state index is 0.209. The van der Waals surface area contributed by atoms with Crippen molar-refractivity contribution in [2.75, 3.05) is 7.05 Å². The number of nitrogens with one attached hydrogen (secondary N) is 1. The van der Waals surface area contributed by atoms with Crippen LogP contribution in [0.2, 0.25) is 15.1 Å². The lowest BCUT2D eigenvalue weighted by Gasteiger charge is -2.19. The highest BCUT2D eigenvalue weighted by Gasteiger charge is 2.15. The van der Waals surface area contributed by atoms with E-state index in [4.69, 9.17) is 34.8 Å². The highest BCUT2D eigenvalue weighted by molar-refractivity contribution is 9.10. The van der Waals surface area contributed by atoms with E-state index in [1.807, 2.05) is 43.4 Å².